The van der Waals surface area contributed by atoms with E-state index in [0.29, 0.717) is 22.6 Å². The molecule has 0 bridgehead atoms. The number of aromatic amines is 1. The molecule has 9 heteroatoms. The van der Waals surface area contributed by atoms with Gasteiger partial charge in [0, 0.05) is 30.2 Å². The Kier molecular flexibility index (Phi) is 5.03. The number of thiophene rings is 1. The molecule has 0 saturated carbocycles. The number of benzene rings is 1. The molecule has 0 unspecified atom stereocenters. The number of nitrogens with zero attached hydrogens (tertiary/aromatic N) is 3. The van der Waals surface area contributed by atoms with Crippen LogP contribution in [0.1, 0.15) is 12.2 Å². The van der Waals surface area contributed by atoms with Gasteiger partial charge in [-0.3, -0.25) is 14.4 Å². The second-order valence-electron chi connectivity index (χ2n) is 6.73. The molecule has 4 rings (SSSR count). The molecule has 2 amide bonds. The topological polar surface area (TPSA) is 86.4 Å². The summed E-state index contributed by atoms with van der Waals surface area (Å²) in [4.78, 5) is 47.7. The Bertz CT molecular complexity index is 1130. The summed E-state index contributed by atoms with van der Waals surface area (Å²) in [6.45, 7) is 0.521. The molecule has 1 atom stereocenters. The van der Waals surface area contributed by atoms with E-state index in [9.17, 15) is 14.4 Å². The second kappa shape index (κ2) is 7.48. The van der Waals surface area contributed by atoms with E-state index in [1.165, 1.54) is 16.2 Å². The quantitative estimate of drug-likeness (QED) is 0.648. The predicted octanol–water partition coefficient (Wildman–Crippen LogP) is 2.76. The normalized spacial score (nSPS) is 16.7. The van der Waals surface area contributed by atoms with Crippen molar-refractivity contribution in [1.82, 2.24) is 14.9 Å². The standard InChI is InChI=1S/C19H17BrN4O3S/c1-23(10-15-21-14-5-6-28-17(14)18(26)22-15)19(27)11-7-16(25)24(9-11)13-4-2-3-12(20)8-13/h2-6,8,11H,7,9-10H2,1H3,(H,21,22,26)/t11-/m1/s1. The lowest BCUT2D eigenvalue weighted by Crippen LogP contribution is -2.35. The fraction of sp³-hybridized carbons (Fsp3) is 0.263. The molecule has 7 nitrogen and oxygen atoms in total. The number of H-pyrrole nitrogens is 1. The fourth-order valence-corrected chi connectivity index (χ4v) is 4.49. The molecule has 28 heavy (non-hydrogen) atoms. The number of carbonyl (C=O) groups is 2. The average Bonchev–Trinajstić information content (AvgIpc) is 3.28. The number of hydrogen-bond donors (Lipinski definition) is 1. The SMILES string of the molecule is CN(Cc1nc2ccsc2c(=O)[nH]1)C(=O)[C@@H]1CC(=O)N(c2cccc(Br)c2)C1. The Labute approximate surface area is 173 Å². The van der Waals surface area contributed by atoms with E-state index in [1.807, 2.05) is 29.6 Å². The summed E-state index contributed by atoms with van der Waals surface area (Å²) in [5.74, 6) is -0.206. The maximum atomic E-state index is 12.9. The number of carbonyl (C=O) groups excluding carboxylic acids is 2. The number of hydrogen-bond acceptors (Lipinski definition) is 5. The van der Waals surface area contributed by atoms with Gasteiger partial charge in [-0.25, -0.2) is 4.98 Å². The van der Waals surface area contributed by atoms with Crippen molar-refractivity contribution in [2.45, 2.75) is 13.0 Å². The van der Waals surface area contributed by atoms with E-state index in [4.69, 9.17) is 0 Å². The van der Waals surface area contributed by atoms with Gasteiger partial charge in [-0.05, 0) is 29.6 Å². The van der Waals surface area contributed by atoms with Crippen LogP contribution in [-0.4, -0.2) is 40.3 Å². The zero-order chi connectivity index (χ0) is 19.8. The van der Waals surface area contributed by atoms with Crippen LogP contribution in [0.15, 0.2) is 45.0 Å². The largest absolute Gasteiger partial charge is 0.338 e. The van der Waals surface area contributed by atoms with Gasteiger partial charge in [0.1, 0.15) is 10.5 Å². The monoisotopic (exact) mass is 460 g/mol. The van der Waals surface area contributed by atoms with E-state index in [1.54, 1.807) is 18.0 Å². The molecule has 1 fully saturated rings. The maximum Gasteiger partial charge on any atom is 0.268 e. The number of halogens is 1. The molecule has 2 aromatic heterocycles. The zero-order valence-corrected chi connectivity index (χ0v) is 17.4. The predicted molar refractivity (Wildman–Crippen MR) is 111 cm³/mol. The number of rotatable bonds is 4. The Morgan fingerprint density at radius 1 is 1.39 bits per heavy atom. The van der Waals surface area contributed by atoms with E-state index in [2.05, 4.69) is 25.9 Å². The molecule has 0 aliphatic carbocycles. The molecule has 1 N–H and O–H groups in total. The van der Waals surface area contributed by atoms with Crippen LogP contribution >= 0.6 is 27.3 Å². The molecule has 144 valence electrons. The lowest BCUT2D eigenvalue weighted by atomic mass is 10.1. The van der Waals surface area contributed by atoms with Gasteiger partial charge in [-0.1, -0.05) is 22.0 Å². The molecule has 1 aromatic carbocycles. The highest BCUT2D eigenvalue weighted by Gasteiger charge is 2.36. The van der Waals surface area contributed by atoms with Gasteiger partial charge in [-0.2, -0.15) is 0 Å². The van der Waals surface area contributed by atoms with E-state index in [-0.39, 0.29) is 30.3 Å². The summed E-state index contributed by atoms with van der Waals surface area (Å²) in [6, 6.07) is 9.24. The minimum absolute atomic E-state index is 0.0731. The zero-order valence-electron chi connectivity index (χ0n) is 15.0. The van der Waals surface area contributed by atoms with Crippen LogP contribution < -0.4 is 10.5 Å². The van der Waals surface area contributed by atoms with Crippen LogP contribution in [0.3, 0.4) is 0 Å². The summed E-state index contributed by atoms with van der Waals surface area (Å²) < 4.78 is 1.45. The van der Waals surface area contributed by atoms with Crippen molar-refractivity contribution in [1.29, 1.82) is 0 Å². The van der Waals surface area contributed by atoms with Gasteiger partial charge in [0.15, 0.2) is 0 Å². The molecule has 1 aliphatic rings. The van der Waals surface area contributed by atoms with Crippen LogP contribution in [0, 0.1) is 5.92 Å². The molecular formula is C19H17BrN4O3S. The first-order valence-electron chi connectivity index (χ1n) is 8.69. The average molecular weight is 461 g/mol. The minimum Gasteiger partial charge on any atom is -0.338 e. The highest BCUT2D eigenvalue weighted by Crippen LogP contribution is 2.28. The molecule has 1 saturated heterocycles. The van der Waals surface area contributed by atoms with Gasteiger partial charge >= 0.3 is 0 Å². The van der Waals surface area contributed by atoms with Gasteiger partial charge in [-0.15, -0.1) is 11.3 Å². The van der Waals surface area contributed by atoms with Crippen LogP contribution in [0.5, 0.6) is 0 Å². The molecule has 3 aromatic rings. The number of fused-ring (bicyclic) bond motifs is 1. The van der Waals surface area contributed by atoms with Crippen molar-refractivity contribution in [3.05, 3.63) is 56.4 Å². The first-order chi connectivity index (χ1) is 13.4. The molecule has 3 heterocycles. The van der Waals surface area contributed by atoms with Gasteiger partial charge in [0.2, 0.25) is 11.8 Å². The van der Waals surface area contributed by atoms with E-state index in [0.717, 1.165) is 10.2 Å². The van der Waals surface area contributed by atoms with Crippen LogP contribution in [0.2, 0.25) is 0 Å². The molecule has 1 aliphatic heterocycles. The number of aromatic nitrogens is 2. The van der Waals surface area contributed by atoms with Crippen LogP contribution in [0.4, 0.5) is 5.69 Å². The Morgan fingerprint density at radius 3 is 3.00 bits per heavy atom. The van der Waals surface area contributed by atoms with Crippen molar-refractivity contribution >= 4 is 55.0 Å². The summed E-state index contributed by atoms with van der Waals surface area (Å²) in [7, 11) is 1.66. The number of nitrogens with one attached hydrogen (secondary N) is 1. The van der Waals surface area contributed by atoms with Gasteiger partial charge in [0.05, 0.1) is 18.0 Å². The van der Waals surface area contributed by atoms with Crippen molar-refractivity contribution in [2.24, 2.45) is 5.92 Å². The summed E-state index contributed by atoms with van der Waals surface area (Å²) in [6.07, 6.45) is 0.170. The third-order valence-electron chi connectivity index (χ3n) is 4.72. The van der Waals surface area contributed by atoms with Crippen molar-refractivity contribution in [2.75, 3.05) is 18.5 Å². The maximum absolute atomic E-state index is 12.9. The van der Waals surface area contributed by atoms with E-state index < -0.39 is 5.92 Å². The summed E-state index contributed by atoms with van der Waals surface area (Å²) in [5, 5.41) is 1.81. The lowest BCUT2D eigenvalue weighted by Gasteiger charge is -2.21. The first kappa shape index (κ1) is 18.8. The summed E-state index contributed by atoms with van der Waals surface area (Å²) >= 11 is 4.74. The van der Waals surface area contributed by atoms with Crippen LogP contribution in [-0.2, 0) is 16.1 Å². The summed E-state index contributed by atoms with van der Waals surface area (Å²) in [5.41, 5.74) is 1.19. The molecular weight excluding hydrogens is 444 g/mol. The third kappa shape index (κ3) is 3.59. The number of amides is 2. The Balaban J connectivity index is 1.47. The first-order valence-corrected chi connectivity index (χ1v) is 10.4. The Hall–Kier alpha value is -2.52. The van der Waals surface area contributed by atoms with E-state index >= 15 is 0 Å². The second-order valence-corrected chi connectivity index (χ2v) is 8.56. The molecule has 0 spiro atoms. The highest BCUT2D eigenvalue weighted by molar-refractivity contribution is 9.10. The van der Waals surface area contributed by atoms with Crippen molar-refractivity contribution < 1.29 is 9.59 Å². The van der Waals surface area contributed by atoms with Gasteiger partial charge in [0.25, 0.3) is 5.56 Å². The van der Waals surface area contributed by atoms with Gasteiger partial charge < -0.3 is 14.8 Å². The third-order valence-corrected chi connectivity index (χ3v) is 6.12. The lowest BCUT2D eigenvalue weighted by molar-refractivity contribution is -0.135. The minimum atomic E-state index is -0.423. The number of anilines is 1. The highest BCUT2D eigenvalue weighted by atomic mass is 79.9. The molecule has 0 radical (unpaired) electrons. The Morgan fingerprint density at radius 2 is 2.21 bits per heavy atom. The van der Waals surface area contributed by atoms with Crippen molar-refractivity contribution in [3.8, 4) is 0 Å². The van der Waals surface area contributed by atoms with Crippen LogP contribution in [0.25, 0.3) is 10.2 Å². The fourth-order valence-electron chi connectivity index (χ4n) is 3.38. The van der Waals surface area contributed by atoms with Crippen molar-refractivity contribution in [3.63, 3.8) is 0 Å². The smallest absolute Gasteiger partial charge is 0.268 e.